The van der Waals surface area contributed by atoms with Gasteiger partial charge in [-0.15, -0.1) is 5.10 Å². The summed E-state index contributed by atoms with van der Waals surface area (Å²) in [4.78, 5) is 41.0. The average molecular weight is 527 g/mol. The number of benzene rings is 1. The number of hydrogen-bond acceptors (Lipinski definition) is 8. The third kappa shape index (κ3) is 5.65. The Balaban J connectivity index is 1.22. The van der Waals surface area contributed by atoms with Crippen molar-refractivity contribution in [2.24, 2.45) is 0 Å². The van der Waals surface area contributed by atoms with Gasteiger partial charge in [0.25, 0.3) is 5.91 Å². The van der Waals surface area contributed by atoms with Crippen LogP contribution in [0.15, 0.2) is 24.4 Å². The quantitative estimate of drug-likeness (QED) is 0.620. The number of nitrogens with one attached hydrogen (secondary N) is 1. The van der Waals surface area contributed by atoms with E-state index in [1.807, 2.05) is 39.8 Å². The van der Waals surface area contributed by atoms with Gasteiger partial charge >= 0.3 is 6.09 Å². The van der Waals surface area contributed by atoms with Crippen LogP contribution in [0.5, 0.6) is 0 Å². The summed E-state index contributed by atoms with van der Waals surface area (Å²) in [6.07, 6.45) is 2.00. The summed E-state index contributed by atoms with van der Waals surface area (Å²) in [6.45, 7) is 10.1. The zero-order valence-electron chi connectivity index (χ0n) is 22.2. The molecule has 1 N–H and O–H groups in total. The molecule has 0 bridgehead atoms. The molecule has 204 valence electrons. The number of ether oxygens (including phenoxy) is 3. The normalized spacial score (nSPS) is 20.9. The molecule has 0 radical (unpaired) electrons. The van der Waals surface area contributed by atoms with Gasteiger partial charge in [-0.1, -0.05) is 11.3 Å². The number of aryl methyl sites for hydroxylation is 1. The number of rotatable bonds is 5. The lowest BCUT2D eigenvalue weighted by atomic mass is 9.90. The Bertz CT molecular complexity index is 1230. The molecule has 4 heterocycles. The Kier molecular flexibility index (Phi) is 6.86. The molecule has 1 aromatic heterocycles. The van der Waals surface area contributed by atoms with E-state index in [2.05, 4.69) is 15.6 Å². The van der Waals surface area contributed by atoms with Gasteiger partial charge in [0.1, 0.15) is 23.5 Å². The Hall–Kier alpha value is -3.51. The smallest absolute Gasteiger partial charge is 0.410 e. The minimum atomic E-state index is -0.552. The number of likely N-dealkylation sites (tertiary alicyclic amines) is 1. The fourth-order valence-corrected chi connectivity index (χ4v) is 4.95. The molecule has 2 aromatic rings. The SMILES string of the molecule is Cc1ccc(C(=O)NC2COC3(C2)CN(C(=O)OC(C)(C)C)C3)c(-n2cc(CN3CCOCC3=O)nn2)c1. The van der Waals surface area contributed by atoms with Crippen LogP contribution >= 0.6 is 0 Å². The molecule has 1 atom stereocenters. The largest absolute Gasteiger partial charge is 0.444 e. The summed E-state index contributed by atoms with van der Waals surface area (Å²) in [5.74, 6) is -0.326. The van der Waals surface area contributed by atoms with Crippen LogP contribution in [0, 0.1) is 6.92 Å². The van der Waals surface area contributed by atoms with Gasteiger partial charge in [0, 0.05) is 13.0 Å². The van der Waals surface area contributed by atoms with E-state index in [0.29, 0.717) is 62.8 Å². The summed E-state index contributed by atoms with van der Waals surface area (Å²) in [5.41, 5.74) is 1.64. The van der Waals surface area contributed by atoms with Crippen molar-refractivity contribution in [3.05, 3.63) is 41.2 Å². The highest BCUT2D eigenvalue weighted by Gasteiger charge is 2.52. The number of hydrogen-bond donors (Lipinski definition) is 1. The van der Waals surface area contributed by atoms with Crippen molar-refractivity contribution in [2.75, 3.05) is 39.5 Å². The molecule has 3 aliphatic rings. The maximum Gasteiger partial charge on any atom is 0.410 e. The topological polar surface area (TPSA) is 128 Å². The second kappa shape index (κ2) is 9.99. The third-order valence-electron chi connectivity index (χ3n) is 6.78. The molecule has 38 heavy (non-hydrogen) atoms. The van der Waals surface area contributed by atoms with Crippen LogP contribution in [0.1, 0.15) is 48.8 Å². The molecule has 3 aliphatic heterocycles. The number of aromatic nitrogens is 3. The van der Waals surface area contributed by atoms with Crippen LogP contribution in [0.25, 0.3) is 5.69 Å². The third-order valence-corrected chi connectivity index (χ3v) is 6.78. The van der Waals surface area contributed by atoms with Crippen LogP contribution in [0.3, 0.4) is 0 Å². The Morgan fingerprint density at radius 1 is 1.26 bits per heavy atom. The van der Waals surface area contributed by atoms with E-state index in [0.717, 1.165) is 5.56 Å². The van der Waals surface area contributed by atoms with Crippen molar-refractivity contribution >= 4 is 17.9 Å². The average Bonchev–Trinajstić information content (AvgIpc) is 3.46. The molecular formula is C26H34N6O6. The lowest BCUT2D eigenvalue weighted by Crippen LogP contribution is -2.64. The number of nitrogens with zero attached hydrogens (tertiary/aromatic N) is 5. The highest BCUT2D eigenvalue weighted by atomic mass is 16.6. The molecule has 1 unspecified atom stereocenters. The van der Waals surface area contributed by atoms with Crippen molar-refractivity contribution in [1.29, 1.82) is 0 Å². The molecule has 1 aromatic carbocycles. The molecule has 3 amide bonds. The predicted octanol–water partition coefficient (Wildman–Crippen LogP) is 1.44. The van der Waals surface area contributed by atoms with E-state index in [4.69, 9.17) is 14.2 Å². The fourth-order valence-electron chi connectivity index (χ4n) is 4.95. The summed E-state index contributed by atoms with van der Waals surface area (Å²) >= 11 is 0. The van der Waals surface area contributed by atoms with Crippen LogP contribution in [0.2, 0.25) is 0 Å². The Morgan fingerprint density at radius 2 is 2.05 bits per heavy atom. The second-order valence-corrected chi connectivity index (χ2v) is 11.2. The number of carbonyl (C=O) groups is 3. The molecule has 3 fully saturated rings. The first-order valence-corrected chi connectivity index (χ1v) is 12.8. The summed E-state index contributed by atoms with van der Waals surface area (Å²) in [6, 6.07) is 5.34. The van der Waals surface area contributed by atoms with Crippen LogP contribution in [-0.2, 0) is 25.5 Å². The minimum Gasteiger partial charge on any atom is -0.444 e. The fraction of sp³-hybridized carbons (Fsp3) is 0.577. The lowest BCUT2D eigenvalue weighted by molar-refractivity contribution is -0.143. The maximum absolute atomic E-state index is 13.3. The second-order valence-electron chi connectivity index (χ2n) is 11.2. The van der Waals surface area contributed by atoms with E-state index < -0.39 is 11.2 Å². The lowest BCUT2D eigenvalue weighted by Gasteiger charge is -2.46. The van der Waals surface area contributed by atoms with Crippen LogP contribution < -0.4 is 5.32 Å². The van der Waals surface area contributed by atoms with Crippen molar-refractivity contribution in [1.82, 2.24) is 30.1 Å². The number of carbonyl (C=O) groups excluding carboxylic acids is 3. The first-order valence-electron chi connectivity index (χ1n) is 12.8. The van der Waals surface area contributed by atoms with Crippen molar-refractivity contribution < 1.29 is 28.6 Å². The van der Waals surface area contributed by atoms with Gasteiger partial charge in [-0.3, -0.25) is 9.59 Å². The molecular weight excluding hydrogens is 492 g/mol. The van der Waals surface area contributed by atoms with E-state index in [1.165, 1.54) is 0 Å². The van der Waals surface area contributed by atoms with Gasteiger partial charge in [0.2, 0.25) is 5.91 Å². The van der Waals surface area contributed by atoms with Crippen LogP contribution in [0.4, 0.5) is 4.79 Å². The van der Waals surface area contributed by atoms with Crippen molar-refractivity contribution in [3.63, 3.8) is 0 Å². The molecule has 3 saturated heterocycles. The van der Waals surface area contributed by atoms with E-state index in [-0.39, 0.29) is 30.6 Å². The van der Waals surface area contributed by atoms with Crippen LogP contribution in [-0.4, -0.2) is 99.4 Å². The molecule has 0 saturated carbocycles. The molecule has 5 rings (SSSR count). The van der Waals surface area contributed by atoms with Gasteiger partial charge in [-0.05, 0) is 45.4 Å². The first kappa shape index (κ1) is 26.1. The Labute approximate surface area is 221 Å². The van der Waals surface area contributed by atoms with E-state index in [9.17, 15) is 14.4 Å². The highest BCUT2D eigenvalue weighted by Crippen LogP contribution is 2.36. The zero-order chi connectivity index (χ0) is 27.1. The van der Waals surface area contributed by atoms with Gasteiger partial charge in [-0.25, -0.2) is 9.48 Å². The standard InChI is InChI=1S/C26H34N6O6/c1-17-5-6-20(21(9-17)32-12-19(28-29-32)11-30-7-8-36-14-22(30)33)23(34)27-18-10-26(37-13-18)15-31(16-26)24(35)38-25(2,3)4/h5-6,9,12,18H,7-8,10-11,13-16H2,1-4H3,(H,27,34). The van der Waals surface area contributed by atoms with E-state index in [1.54, 1.807) is 26.7 Å². The summed E-state index contributed by atoms with van der Waals surface area (Å²) in [5, 5.41) is 11.5. The minimum absolute atomic E-state index is 0.0710. The molecule has 12 nitrogen and oxygen atoms in total. The monoisotopic (exact) mass is 526 g/mol. The van der Waals surface area contributed by atoms with Crippen molar-refractivity contribution in [3.8, 4) is 5.69 Å². The van der Waals surface area contributed by atoms with Gasteiger partial charge in [-0.2, -0.15) is 0 Å². The zero-order valence-corrected chi connectivity index (χ0v) is 22.2. The molecule has 12 heteroatoms. The van der Waals surface area contributed by atoms with Gasteiger partial charge in [0.05, 0.1) is 56.3 Å². The molecule has 1 spiro atoms. The Morgan fingerprint density at radius 3 is 2.79 bits per heavy atom. The van der Waals surface area contributed by atoms with Gasteiger partial charge in [0.15, 0.2) is 0 Å². The van der Waals surface area contributed by atoms with Gasteiger partial charge < -0.3 is 29.3 Å². The van der Waals surface area contributed by atoms with Crippen molar-refractivity contribution in [2.45, 2.75) is 57.9 Å². The highest BCUT2D eigenvalue weighted by molar-refractivity contribution is 5.98. The molecule has 0 aliphatic carbocycles. The summed E-state index contributed by atoms with van der Waals surface area (Å²) in [7, 11) is 0. The predicted molar refractivity (Wildman–Crippen MR) is 135 cm³/mol. The number of amides is 3. The number of morpholine rings is 1. The summed E-state index contributed by atoms with van der Waals surface area (Å²) < 4.78 is 18.2. The first-order chi connectivity index (χ1) is 18.0. The maximum atomic E-state index is 13.3. The van der Waals surface area contributed by atoms with E-state index >= 15 is 0 Å².